The van der Waals surface area contributed by atoms with E-state index in [1.807, 2.05) is 6.07 Å². The molecule has 0 atom stereocenters. The molecular weight excluding hydrogens is 194 g/mol. The molecule has 0 spiro atoms. The number of aromatic nitrogens is 1. The first kappa shape index (κ1) is 9.58. The van der Waals surface area contributed by atoms with Crippen molar-refractivity contribution >= 4 is 16.9 Å². The minimum Gasteiger partial charge on any atom is -0.495 e. The van der Waals surface area contributed by atoms with Crippen LogP contribution in [0.4, 0.5) is 0 Å². The number of carboxylic acid groups (broad SMARTS) is 1. The number of fused-ring (bicyclic) bond motifs is 1. The first-order valence-electron chi connectivity index (χ1n) is 4.53. The topological polar surface area (TPSA) is 62.3 Å². The van der Waals surface area contributed by atoms with Crippen LogP contribution in [0.15, 0.2) is 18.3 Å². The number of methoxy groups -OCH3 is 1. The van der Waals surface area contributed by atoms with Crippen LogP contribution in [0.2, 0.25) is 0 Å². The van der Waals surface area contributed by atoms with Crippen molar-refractivity contribution in [1.82, 2.24) is 4.98 Å². The fraction of sp³-hybridized carbons (Fsp3) is 0.182. The normalized spacial score (nSPS) is 10.5. The molecule has 15 heavy (non-hydrogen) atoms. The maximum Gasteiger partial charge on any atom is 0.336 e. The number of aromatic amines is 1. The Bertz CT molecular complexity index is 528. The molecule has 2 rings (SSSR count). The van der Waals surface area contributed by atoms with Gasteiger partial charge in [-0.3, -0.25) is 0 Å². The molecule has 1 aromatic carbocycles. The summed E-state index contributed by atoms with van der Waals surface area (Å²) in [5.41, 5.74) is 1.86. The number of aromatic carboxylic acids is 1. The maximum absolute atomic E-state index is 11.0. The van der Waals surface area contributed by atoms with Crippen LogP contribution in [0.3, 0.4) is 0 Å². The van der Waals surface area contributed by atoms with E-state index in [1.54, 1.807) is 13.1 Å². The highest BCUT2D eigenvalue weighted by molar-refractivity contribution is 5.99. The fourth-order valence-electron chi connectivity index (χ4n) is 1.73. The Kier molecular flexibility index (Phi) is 2.11. The number of carbonyl (C=O) groups is 1. The fourth-order valence-corrected chi connectivity index (χ4v) is 1.73. The number of ether oxygens (including phenoxy) is 1. The van der Waals surface area contributed by atoms with Crippen LogP contribution < -0.4 is 4.74 Å². The van der Waals surface area contributed by atoms with Gasteiger partial charge in [-0.1, -0.05) is 0 Å². The Morgan fingerprint density at radius 2 is 2.27 bits per heavy atom. The predicted molar refractivity (Wildman–Crippen MR) is 56.5 cm³/mol. The molecule has 0 aliphatic heterocycles. The lowest BCUT2D eigenvalue weighted by Crippen LogP contribution is -2.01. The number of carboxylic acids is 1. The zero-order valence-corrected chi connectivity index (χ0v) is 8.50. The molecular formula is C11H11NO3. The van der Waals surface area contributed by atoms with Gasteiger partial charge in [-0.25, -0.2) is 4.79 Å². The van der Waals surface area contributed by atoms with Crippen LogP contribution in [-0.2, 0) is 0 Å². The van der Waals surface area contributed by atoms with Crippen LogP contribution in [-0.4, -0.2) is 23.2 Å². The van der Waals surface area contributed by atoms with Gasteiger partial charge in [0.05, 0.1) is 18.2 Å². The highest BCUT2D eigenvalue weighted by atomic mass is 16.5. The Balaban J connectivity index is 2.84. The second-order valence-corrected chi connectivity index (χ2v) is 3.32. The van der Waals surface area contributed by atoms with Crippen molar-refractivity contribution in [2.75, 3.05) is 7.11 Å². The minimum atomic E-state index is -0.936. The summed E-state index contributed by atoms with van der Waals surface area (Å²) in [4.78, 5) is 14.0. The van der Waals surface area contributed by atoms with Crippen molar-refractivity contribution in [1.29, 1.82) is 0 Å². The number of benzene rings is 1. The van der Waals surface area contributed by atoms with Crippen LogP contribution in [0.5, 0.6) is 5.75 Å². The maximum atomic E-state index is 11.0. The van der Waals surface area contributed by atoms with Gasteiger partial charge in [0.2, 0.25) is 0 Å². The van der Waals surface area contributed by atoms with Gasteiger partial charge in [-0.15, -0.1) is 0 Å². The van der Waals surface area contributed by atoms with Crippen LogP contribution in [0.1, 0.15) is 15.9 Å². The molecule has 0 unspecified atom stereocenters. The number of rotatable bonds is 2. The molecule has 0 bridgehead atoms. The lowest BCUT2D eigenvalue weighted by atomic mass is 10.0. The molecule has 0 amide bonds. The summed E-state index contributed by atoms with van der Waals surface area (Å²) in [6.07, 6.45) is 1.77. The molecule has 0 saturated heterocycles. The second kappa shape index (κ2) is 3.31. The van der Waals surface area contributed by atoms with Crippen LogP contribution >= 0.6 is 0 Å². The van der Waals surface area contributed by atoms with Gasteiger partial charge in [-0.2, -0.15) is 0 Å². The number of hydrogen-bond acceptors (Lipinski definition) is 2. The summed E-state index contributed by atoms with van der Waals surface area (Å²) in [5.74, 6) is -0.382. The number of H-pyrrole nitrogens is 1. The molecule has 0 saturated carbocycles. The second-order valence-electron chi connectivity index (χ2n) is 3.32. The number of aryl methyl sites for hydroxylation is 1. The van der Waals surface area contributed by atoms with Crippen molar-refractivity contribution in [3.05, 3.63) is 29.5 Å². The third-order valence-corrected chi connectivity index (χ3v) is 2.53. The summed E-state index contributed by atoms with van der Waals surface area (Å²) < 4.78 is 5.14. The quantitative estimate of drug-likeness (QED) is 0.789. The average Bonchev–Trinajstić information content (AvgIpc) is 2.67. The Labute approximate surface area is 86.5 Å². The predicted octanol–water partition coefficient (Wildman–Crippen LogP) is 2.18. The standard InChI is InChI=1S/C11H11NO3/c1-6-7-3-4-12-10(7)9(15-2)5-8(6)11(13)14/h3-5,12H,1-2H3,(H,13,14). The zero-order valence-electron chi connectivity index (χ0n) is 8.50. The summed E-state index contributed by atoms with van der Waals surface area (Å²) in [6, 6.07) is 3.39. The third kappa shape index (κ3) is 1.34. The molecule has 0 fully saturated rings. The van der Waals surface area contributed by atoms with E-state index in [-0.39, 0.29) is 5.56 Å². The van der Waals surface area contributed by atoms with E-state index in [1.165, 1.54) is 13.2 Å². The molecule has 1 aromatic heterocycles. The van der Waals surface area contributed by atoms with E-state index in [9.17, 15) is 4.79 Å². The number of nitrogens with one attached hydrogen (secondary N) is 1. The summed E-state index contributed by atoms with van der Waals surface area (Å²) in [5, 5.41) is 9.90. The number of hydrogen-bond donors (Lipinski definition) is 2. The Morgan fingerprint density at radius 3 is 2.87 bits per heavy atom. The van der Waals surface area contributed by atoms with Gasteiger partial charge in [-0.05, 0) is 24.6 Å². The molecule has 2 N–H and O–H groups in total. The van der Waals surface area contributed by atoms with Gasteiger partial charge in [0, 0.05) is 11.6 Å². The first-order chi connectivity index (χ1) is 7.15. The molecule has 2 aromatic rings. The lowest BCUT2D eigenvalue weighted by Gasteiger charge is -2.07. The van der Waals surface area contributed by atoms with E-state index in [0.717, 1.165) is 16.5 Å². The lowest BCUT2D eigenvalue weighted by molar-refractivity contribution is 0.0696. The molecule has 0 aliphatic rings. The molecule has 4 heteroatoms. The van der Waals surface area contributed by atoms with E-state index >= 15 is 0 Å². The van der Waals surface area contributed by atoms with E-state index < -0.39 is 5.97 Å². The molecule has 0 radical (unpaired) electrons. The average molecular weight is 205 g/mol. The largest absolute Gasteiger partial charge is 0.495 e. The zero-order chi connectivity index (χ0) is 11.0. The van der Waals surface area contributed by atoms with Gasteiger partial charge >= 0.3 is 5.97 Å². The van der Waals surface area contributed by atoms with Gasteiger partial charge < -0.3 is 14.8 Å². The third-order valence-electron chi connectivity index (χ3n) is 2.53. The highest BCUT2D eigenvalue weighted by Gasteiger charge is 2.14. The van der Waals surface area contributed by atoms with Crippen LogP contribution in [0.25, 0.3) is 10.9 Å². The van der Waals surface area contributed by atoms with Crippen molar-refractivity contribution in [3.8, 4) is 5.75 Å². The highest BCUT2D eigenvalue weighted by Crippen LogP contribution is 2.29. The summed E-state index contributed by atoms with van der Waals surface area (Å²) in [7, 11) is 1.52. The van der Waals surface area contributed by atoms with Crippen LogP contribution in [0, 0.1) is 6.92 Å². The Hall–Kier alpha value is -1.97. The van der Waals surface area contributed by atoms with Crippen molar-refractivity contribution in [2.24, 2.45) is 0 Å². The monoisotopic (exact) mass is 205 g/mol. The Morgan fingerprint density at radius 1 is 1.53 bits per heavy atom. The van der Waals surface area contributed by atoms with E-state index in [2.05, 4.69) is 4.98 Å². The minimum absolute atomic E-state index is 0.277. The van der Waals surface area contributed by atoms with Gasteiger partial charge in [0.1, 0.15) is 5.75 Å². The molecule has 4 nitrogen and oxygen atoms in total. The SMILES string of the molecule is COc1cc(C(=O)O)c(C)c2cc[nH]c12. The smallest absolute Gasteiger partial charge is 0.336 e. The van der Waals surface area contributed by atoms with E-state index in [4.69, 9.17) is 9.84 Å². The molecule has 78 valence electrons. The summed E-state index contributed by atoms with van der Waals surface area (Å²) >= 11 is 0. The van der Waals surface area contributed by atoms with Gasteiger partial charge in [0.15, 0.2) is 0 Å². The van der Waals surface area contributed by atoms with Crippen molar-refractivity contribution in [3.63, 3.8) is 0 Å². The summed E-state index contributed by atoms with van der Waals surface area (Å²) in [6.45, 7) is 1.79. The van der Waals surface area contributed by atoms with E-state index in [0.29, 0.717) is 5.75 Å². The van der Waals surface area contributed by atoms with Gasteiger partial charge in [0.25, 0.3) is 0 Å². The molecule has 0 aliphatic carbocycles. The first-order valence-corrected chi connectivity index (χ1v) is 4.53. The van der Waals surface area contributed by atoms with Crippen molar-refractivity contribution in [2.45, 2.75) is 6.92 Å². The van der Waals surface area contributed by atoms with Crippen molar-refractivity contribution < 1.29 is 14.6 Å². The molecule has 1 heterocycles.